The van der Waals surface area contributed by atoms with E-state index in [-0.39, 0.29) is 11.7 Å². The fourth-order valence-electron chi connectivity index (χ4n) is 2.29. The number of rotatable bonds is 7. The third-order valence-electron chi connectivity index (χ3n) is 3.95. The fourth-order valence-corrected chi connectivity index (χ4v) is 3.50. The Morgan fingerprint density at radius 2 is 1.83 bits per heavy atom. The van der Waals surface area contributed by atoms with E-state index in [4.69, 9.17) is 0 Å². The lowest BCUT2D eigenvalue weighted by Gasteiger charge is -2.13. The number of aryl methyl sites for hydroxylation is 1. The standard InChI is InChI=1S/C19H22FNO2S/c1-14-5-3-4-6-17(14)13-24(23)15(2)19(22)21-12-11-16-7-9-18(20)10-8-16/h3-10,15H,11-13H2,1-2H3,(H,21,22)/t15-,24+/m1/s1. The first-order valence-corrected chi connectivity index (χ1v) is 9.29. The number of hydrogen-bond donors (Lipinski definition) is 1. The van der Waals surface area contributed by atoms with Crippen molar-refractivity contribution in [1.29, 1.82) is 0 Å². The summed E-state index contributed by atoms with van der Waals surface area (Å²) in [5, 5.41) is 2.23. The third kappa shape index (κ3) is 5.27. The summed E-state index contributed by atoms with van der Waals surface area (Å²) in [6.45, 7) is 4.10. The van der Waals surface area contributed by atoms with Gasteiger partial charge in [0.05, 0.1) is 0 Å². The maximum Gasteiger partial charge on any atom is 0.235 e. The zero-order valence-electron chi connectivity index (χ0n) is 13.9. The Bertz CT molecular complexity index is 716. The first-order valence-electron chi connectivity index (χ1n) is 7.91. The highest BCUT2D eigenvalue weighted by molar-refractivity contribution is 7.85. The van der Waals surface area contributed by atoms with Crippen molar-refractivity contribution >= 4 is 16.7 Å². The number of carbonyl (C=O) groups is 1. The SMILES string of the molecule is Cc1ccccc1C[S@](=O)[C@H](C)C(=O)NCCc1ccc(F)cc1. The minimum atomic E-state index is -1.27. The first kappa shape index (κ1) is 18.3. The molecular weight excluding hydrogens is 325 g/mol. The predicted octanol–water partition coefficient (Wildman–Crippen LogP) is 3.13. The quantitative estimate of drug-likeness (QED) is 0.836. The van der Waals surface area contributed by atoms with E-state index >= 15 is 0 Å². The molecule has 0 saturated carbocycles. The van der Waals surface area contributed by atoms with Gasteiger partial charge in [0, 0.05) is 23.1 Å². The van der Waals surface area contributed by atoms with Crippen molar-refractivity contribution in [2.24, 2.45) is 0 Å². The third-order valence-corrected chi connectivity index (χ3v) is 5.55. The van der Waals surface area contributed by atoms with Crippen LogP contribution in [0.2, 0.25) is 0 Å². The van der Waals surface area contributed by atoms with Gasteiger partial charge in [-0.05, 0) is 49.1 Å². The van der Waals surface area contributed by atoms with Crippen LogP contribution in [0.3, 0.4) is 0 Å². The lowest BCUT2D eigenvalue weighted by atomic mass is 10.1. The Hall–Kier alpha value is -2.01. The molecule has 1 N–H and O–H groups in total. The van der Waals surface area contributed by atoms with Crippen molar-refractivity contribution in [3.8, 4) is 0 Å². The van der Waals surface area contributed by atoms with Crippen LogP contribution in [0.5, 0.6) is 0 Å². The summed E-state index contributed by atoms with van der Waals surface area (Å²) in [4.78, 5) is 12.1. The smallest absolute Gasteiger partial charge is 0.235 e. The minimum Gasteiger partial charge on any atom is -0.355 e. The van der Waals surface area contributed by atoms with Crippen molar-refractivity contribution in [3.05, 3.63) is 71.0 Å². The summed E-state index contributed by atoms with van der Waals surface area (Å²) in [6, 6.07) is 13.9. The number of halogens is 1. The zero-order chi connectivity index (χ0) is 17.5. The minimum absolute atomic E-state index is 0.218. The van der Waals surface area contributed by atoms with Crippen LogP contribution in [-0.4, -0.2) is 21.9 Å². The Labute approximate surface area is 144 Å². The van der Waals surface area contributed by atoms with Gasteiger partial charge in [0.15, 0.2) is 0 Å². The van der Waals surface area contributed by atoms with Crippen LogP contribution in [-0.2, 0) is 27.8 Å². The summed E-state index contributed by atoms with van der Waals surface area (Å²) < 4.78 is 25.2. The molecular formula is C19H22FNO2S. The first-order chi connectivity index (χ1) is 11.5. The van der Waals surface area contributed by atoms with Crippen LogP contribution in [0.25, 0.3) is 0 Å². The molecule has 0 bridgehead atoms. The Balaban J connectivity index is 1.82. The second kappa shape index (κ2) is 8.73. The van der Waals surface area contributed by atoms with Gasteiger partial charge in [-0.25, -0.2) is 4.39 Å². The molecule has 0 aliphatic heterocycles. The van der Waals surface area contributed by atoms with Gasteiger partial charge in [-0.1, -0.05) is 36.4 Å². The van der Waals surface area contributed by atoms with Crippen molar-refractivity contribution in [2.45, 2.75) is 31.3 Å². The van der Waals surface area contributed by atoms with Crippen LogP contribution in [0.15, 0.2) is 48.5 Å². The summed E-state index contributed by atoms with van der Waals surface area (Å²) in [5.74, 6) is -0.119. The van der Waals surface area contributed by atoms with E-state index in [2.05, 4.69) is 5.32 Å². The monoisotopic (exact) mass is 347 g/mol. The molecule has 0 aliphatic rings. The van der Waals surface area contributed by atoms with Gasteiger partial charge in [-0.15, -0.1) is 0 Å². The Kier molecular flexibility index (Phi) is 6.67. The molecule has 2 rings (SSSR count). The molecule has 0 aromatic heterocycles. The molecule has 0 heterocycles. The number of carbonyl (C=O) groups excluding carboxylic acids is 1. The maximum absolute atomic E-state index is 12.8. The van der Waals surface area contributed by atoms with Gasteiger partial charge in [0.25, 0.3) is 0 Å². The van der Waals surface area contributed by atoms with Crippen molar-refractivity contribution in [2.75, 3.05) is 6.54 Å². The lowest BCUT2D eigenvalue weighted by Crippen LogP contribution is -2.37. The van der Waals surface area contributed by atoms with E-state index in [1.807, 2.05) is 31.2 Å². The van der Waals surface area contributed by atoms with E-state index < -0.39 is 16.0 Å². The number of amides is 1. The van der Waals surface area contributed by atoms with Gasteiger partial charge in [-0.3, -0.25) is 9.00 Å². The molecule has 0 fully saturated rings. The fraction of sp³-hybridized carbons (Fsp3) is 0.316. The number of nitrogens with one attached hydrogen (secondary N) is 1. The molecule has 2 aromatic rings. The lowest BCUT2D eigenvalue weighted by molar-refractivity contribution is -0.120. The molecule has 3 nitrogen and oxygen atoms in total. The van der Waals surface area contributed by atoms with E-state index in [0.29, 0.717) is 18.7 Å². The molecule has 0 unspecified atom stereocenters. The summed E-state index contributed by atoms with van der Waals surface area (Å²) in [5.41, 5.74) is 3.03. The number of hydrogen-bond acceptors (Lipinski definition) is 2. The Morgan fingerprint density at radius 1 is 1.17 bits per heavy atom. The van der Waals surface area contributed by atoms with E-state index in [0.717, 1.165) is 16.7 Å². The highest BCUT2D eigenvalue weighted by Crippen LogP contribution is 2.12. The largest absolute Gasteiger partial charge is 0.355 e. The van der Waals surface area contributed by atoms with Crippen LogP contribution in [0.4, 0.5) is 4.39 Å². The molecule has 5 heteroatoms. The van der Waals surface area contributed by atoms with E-state index in [1.54, 1.807) is 19.1 Å². The topological polar surface area (TPSA) is 46.2 Å². The Morgan fingerprint density at radius 3 is 2.50 bits per heavy atom. The van der Waals surface area contributed by atoms with Crippen molar-refractivity contribution < 1.29 is 13.4 Å². The van der Waals surface area contributed by atoms with Crippen molar-refractivity contribution in [1.82, 2.24) is 5.32 Å². The summed E-state index contributed by atoms with van der Waals surface area (Å²) >= 11 is 0. The predicted molar refractivity (Wildman–Crippen MR) is 95.6 cm³/mol. The molecule has 1 amide bonds. The van der Waals surface area contributed by atoms with E-state index in [1.165, 1.54) is 12.1 Å². The molecule has 2 aromatic carbocycles. The molecule has 0 saturated heterocycles. The van der Waals surface area contributed by atoms with Gasteiger partial charge in [-0.2, -0.15) is 0 Å². The van der Waals surface area contributed by atoms with E-state index in [9.17, 15) is 13.4 Å². The highest BCUT2D eigenvalue weighted by Gasteiger charge is 2.20. The average molecular weight is 347 g/mol. The molecule has 128 valence electrons. The van der Waals surface area contributed by atoms with Crippen LogP contribution < -0.4 is 5.32 Å². The van der Waals surface area contributed by atoms with Crippen molar-refractivity contribution in [3.63, 3.8) is 0 Å². The molecule has 2 atom stereocenters. The highest BCUT2D eigenvalue weighted by atomic mass is 32.2. The van der Waals surface area contributed by atoms with Crippen LogP contribution in [0.1, 0.15) is 23.6 Å². The zero-order valence-corrected chi connectivity index (χ0v) is 14.7. The van der Waals surface area contributed by atoms with Gasteiger partial charge in [0.2, 0.25) is 5.91 Å². The molecule has 0 aliphatic carbocycles. The molecule has 24 heavy (non-hydrogen) atoms. The second-order valence-electron chi connectivity index (χ2n) is 5.76. The normalized spacial score (nSPS) is 13.3. The average Bonchev–Trinajstić information content (AvgIpc) is 2.58. The maximum atomic E-state index is 12.8. The second-order valence-corrected chi connectivity index (χ2v) is 7.52. The van der Waals surface area contributed by atoms with Crippen LogP contribution >= 0.6 is 0 Å². The van der Waals surface area contributed by atoms with Crippen LogP contribution in [0, 0.1) is 12.7 Å². The van der Waals surface area contributed by atoms with Gasteiger partial charge >= 0.3 is 0 Å². The van der Waals surface area contributed by atoms with Gasteiger partial charge < -0.3 is 5.32 Å². The summed E-state index contributed by atoms with van der Waals surface area (Å²) in [6.07, 6.45) is 0.614. The molecule has 0 radical (unpaired) electrons. The molecule has 0 spiro atoms. The number of benzene rings is 2. The van der Waals surface area contributed by atoms with Gasteiger partial charge in [0.1, 0.15) is 11.1 Å². The summed E-state index contributed by atoms with van der Waals surface area (Å²) in [7, 11) is -1.27.